The molecule has 3 rings (SSSR count). The second-order valence-corrected chi connectivity index (χ2v) is 8.23. The zero-order valence-corrected chi connectivity index (χ0v) is 18.8. The van der Waals surface area contributed by atoms with Gasteiger partial charge < -0.3 is 14.4 Å². The van der Waals surface area contributed by atoms with Crippen LogP contribution in [0.15, 0.2) is 30.5 Å². The van der Waals surface area contributed by atoms with Gasteiger partial charge in [0.15, 0.2) is 5.82 Å². The highest BCUT2D eigenvalue weighted by Crippen LogP contribution is 2.38. The molecule has 2 aromatic rings. The van der Waals surface area contributed by atoms with Crippen molar-refractivity contribution < 1.29 is 22.6 Å². The Balaban J connectivity index is 1.73. The predicted octanol–water partition coefficient (Wildman–Crippen LogP) is 6.93. The molecule has 5 nitrogen and oxygen atoms in total. The quantitative estimate of drug-likeness (QED) is 0.366. The monoisotopic (exact) mass is 451 g/mol. The summed E-state index contributed by atoms with van der Waals surface area (Å²) in [5.74, 6) is 0.487. The van der Waals surface area contributed by atoms with Gasteiger partial charge in [-0.1, -0.05) is 32.6 Å². The van der Waals surface area contributed by atoms with Crippen molar-refractivity contribution in [1.82, 2.24) is 9.97 Å². The van der Waals surface area contributed by atoms with Crippen LogP contribution < -0.4 is 14.4 Å². The summed E-state index contributed by atoms with van der Waals surface area (Å²) < 4.78 is 52.3. The van der Waals surface area contributed by atoms with Crippen molar-refractivity contribution in [3.05, 3.63) is 36.0 Å². The molecular formula is C24H32F3N3O2. The van der Waals surface area contributed by atoms with Crippen molar-refractivity contribution in [2.45, 2.75) is 77.0 Å². The number of nitrogens with zero attached hydrogens (tertiary/aromatic N) is 3. The van der Waals surface area contributed by atoms with Crippen LogP contribution >= 0.6 is 0 Å². The summed E-state index contributed by atoms with van der Waals surface area (Å²) in [7, 11) is 1.56. The molecule has 0 unspecified atom stereocenters. The number of hydrogen-bond acceptors (Lipinski definition) is 5. The van der Waals surface area contributed by atoms with Crippen LogP contribution in [0.3, 0.4) is 0 Å². The maximum absolute atomic E-state index is 13.6. The third-order valence-corrected chi connectivity index (χ3v) is 5.68. The maximum atomic E-state index is 13.6. The number of alkyl halides is 3. The van der Waals surface area contributed by atoms with E-state index in [9.17, 15) is 13.2 Å². The Hall–Kier alpha value is -2.51. The molecular weight excluding hydrogens is 419 g/mol. The molecule has 176 valence electrons. The van der Waals surface area contributed by atoms with Gasteiger partial charge in [0.1, 0.15) is 11.3 Å². The first-order valence-corrected chi connectivity index (χ1v) is 11.5. The SMILES string of the molecule is CCCCCCOc1ncc(C(F)(F)F)c(N(C)c2ccc(OC3CCCCC3)cc2)n1. The van der Waals surface area contributed by atoms with E-state index in [4.69, 9.17) is 9.47 Å². The van der Waals surface area contributed by atoms with Crippen LogP contribution in [0, 0.1) is 0 Å². The van der Waals surface area contributed by atoms with Crippen molar-refractivity contribution >= 4 is 11.5 Å². The molecule has 0 saturated heterocycles. The van der Waals surface area contributed by atoms with Gasteiger partial charge in [-0.05, 0) is 56.4 Å². The minimum absolute atomic E-state index is 0.0476. The van der Waals surface area contributed by atoms with Crippen LogP contribution in [0.25, 0.3) is 0 Å². The van der Waals surface area contributed by atoms with Crippen LogP contribution in [0.5, 0.6) is 11.8 Å². The molecule has 1 aliphatic rings. The average Bonchev–Trinajstić information content (AvgIpc) is 2.79. The van der Waals surface area contributed by atoms with E-state index in [0.717, 1.165) is 50.5 Å². The number of ether oxygens (including phenoxy) is 2. The fourth-order valence-electron chi connectivity index (χ4n) is 3.82. The minimum Gasteiger partial charge on any atom is -0.490 e. The molecule has 1 aromatic heterocycles. The first-order valence-electron chi connectivity index (χ1n) is 11.5. The highest BCUT2D eigenvalue weighted by Gasteiger charge is 2.36. The first kappa shape index (κ1) is 24.1. The van der Waals surface area contributed by atoms with E-state index in [1.165, 1.54) is 24.2 Å². The smallest absolute Gasteiger partial charge is 0.421 e. The molecule has 0 aliphatic heterocycles. The highest BCUT2D eigenvalue weighted by atomic mass is 19.4. The van der Waals surface area contributed by atoms with Gasteiger partial charge in [0.25, 0.3) is 0 Å². The zero-order valence-electron chi connectivity index (χ0n) is 18.8. The lowest BCUT2D eigenvalue weighted by Crippen LogP contribution is -2.20. The van der Waals surface area contributed by atoms with Crippen molar-refractivity contribution in [2.75, 3.05) is 18.6 Å². The van der Waals surface area contributed by atoms with Crippen LogP contribution in [0.1, 0.15) is 70.3 Å². The number of halogens is 3. The average molecular weight is 452 g/mol. The Labute approximate surface area is 188 Å². The Bertz CT molecular complexity index is 837. The van der Waals surface area contributed by atoms with Gasteiger partial charge in [-0.3, -0.25) is 0 Å². The standard InChI is InChI=1S/C24H32F3N3O2/c1-3-4-5-9-16-31-23-28-17-21(24(25,26)27)22(29-23)30(2)18-12-14-20(15-13-18)32-19-10-7-6-8-11-19/h12-15,17,19H,3-11,16H2,1-2H3. The van der Waals surface area contributed by atoms with Gasteiger partial charge in [-0.15, -0.1) is 0 Å². The summed E-state index contributed by atoms with van der Waals surface area (Å²) in [6.45, 7) is 2.48. The number of unbranched alkanes of at least 4 members (excludes halogenated alkanes) is 3. The van der Waals surface area contributed by atoms with Crippen LogP contribution in [-0.4, -0.2) is 29.7 Å². The van der Waals surface area contributed by atoms with Crippen molar-refractivity contribution in [1.29, 1.82) is 0 Å². The molecule has 1 fully saturated rings. The zero-order chi connectivity index (χ0) is 23.0. The number of anilines is 2. The predicted molar refractivity (Wildman–Crippen MR) is 119 cm³/mol. The number of benzene rings is 1. The van der Waals surface area contributed by atoms with Crippen molar-refractivity contribution in [2.24, 2.45) is 0 Å². The molecule has 0 spiro atoms. The second-order valence-electron chi connectivity index (χ2n) is 8.23. The molecule has 1 aliphatic carbocycles. The fraction of sp³-hybridized carbons (Fsp3) is 0.583. The maximum Gasteiger partial charge on any atom is 0.421 e. The van der Waals surface area contributed by atoms with E-state index in [0.29, 0.717) is 12.3 Å². The largest absolute Gasteiger partial charge is 0.490 e. The summed E-state index contributed by atoms with van der Waals surface area (Å²) in [4.78, 5) is 9.27. The van der Waals surface area contributed by atoms with Gasteiger partial charge in [-0.25, -0.2) is 4.98 Å². The van der Waals surface area contributed by atoms with E-state index < -0.39 is 11.7 Å². The molecule has 8 heteroatoms. The van der Waals surface area contributed by atoms with E-state index in [1.54, 1.807) is 31.3 Å². The summed E-state index contributed by atoms with van der Waals surface area (Å²) in [6, 6.07) is 7.02. The fourth-order valence-corrected chi connectivity index (χ4v) is 3.82. The topological polar surface area (TPSA) is 47.5 Å². The minimum atomic E-state index is -4.58. The van der Waals surface area contributed by atoms with Gasteiger partial charge in [0.2, 0.25) is 0 Å². The summed E-state index contributed by atoms with van der Waals surface area (Å²) in [5, 5.41) is 0. The van der Waals surface area contributed by atoms with Gasteiger partial charge in [-0.2, -0.15) is 18.2 Å². The van der Waals surface area contributed by atoms with Crippen LogP contribution in [-0.2, 0) is 6.18 Å². The van der Waals surface area contributed by atoms with Gasteiger partial charge in [0.05, 0.1) is 12.7 Å². The molecule has 0 radical (unpaired) electrons. The Kier molecular flexibility index (Phi) is 8.59. The summed E-state index contributed by atoms with van der Waals surface area (Å²) in [6.07, 6.45) is 6.08. The summed E-state index contributed by atoms with van der Waals surface area (Å²) in [5.41, 5.74) is -0.333. The van der Waals surface area contributed by atoms with Crippen LogP contribution in [0.4, 0.5) is 24.7 Å². The molecule has 0 amide bonds. The van der Waals surface area contributed by atoms with Gasteiger partial charge in [0, 0.05) is 18.9 Å². The number of rotatable bonds is 10. The molecule has 0 N–H and O–H groups in total. The molecule has 0 bridgehead atoms. The number of hydrogen-bond donors (Lipinski definition) is 0. The van der Waals surface area contributed by atoms with E-state index >= 15 is 0 Å². The van der Waals surface area contributed by atoms with Gasteiger partial charge >= 0.3 is 12.2 Å². The molecule has 1 saturated carbocycles. The lowest BCUT2D eigenvalue weighted by atomic mass is 9.98. The summed E-state index contributed by atoms with van der Waals surface area (Å²) >= 11 is 0. The number of aromatic nitrogens is 2. The normalized spacial score (nSPS) is 14.9. The van der Waals surface area contributed by atoms with Crippen molar-refractivity contribution in [3.8, 4) is 11.8 Å². The lowest BCUT2D eigenvalue weighted by Gasteiger charge is -2.24. The molecule has 1 aromatic carbocycles. The van der Waals surface area contributed by atoms with Crippen molar-refractivity contribution in [3.63, 3.8) is 0 Å². The third kappa shape index (κ3) is 6.74. The van der Waals surface area contributed by atoms with Crippen LogP contribution in [0.2, 0.25) is 0 Å². The Morgan fingerprint density at radius 1 is 1.03 bits per heavy atom. The molecule has 1 heterocycles. The first-order chi connectivity index (χ1) is 15.4. The Morgan fingerprint density at radius 2 is 1.75 bits per heavy atom. The van der Waals surface area contributed by atoms with E-state index in [-0.39, 0.29) is 17.9 Å². The third-order valence-electron chi connectivity index (χ3n) is 5.68. The molecule has 0 atom stereocenters. The highest BCUT2D eigenvalue weighted by molar-refractivity contribution is 5.63. The Morgan fingerprint density at radius 3 is 2.41 bits per heavy atom. The molecule has 32 heavy (non-hydrogen) atoms. The second kappa shape index (κ2) is 11.4. The van der Waals surface area contributed by atoms with E-state index in [2.05, 4.69) is 16.9 Å². The van der Waals surface area contributed by atoms with E-state index in [1.807, 2.05) is 0 Å². The lowest BCUT2D eigenvalue weighted by molar-refractivity contribution is -0.137.